The number of nitrogens with zero attached hydrogens (tertiary/aromatic N) is 1. The van der Waals surface area contributed by atoms with Gasteiger partial charge in [-0.3, -0.25) is 4.57 Å². The molecule has 0 radical (unpaired) electrons. The first-order valence-electron chi connectivity index (χ1n) is 6.10. The average molecular weight is 257 g/mol. The van der Waals surface area contributed by atoms with E-state index in [2.05, 4.69) is 9.97 Å². The molecule has 0 saturated carbocycles. The van der Waals surface area contributed by atoms with E-state index in [0.29, 0.717) is 12.1 Å². The lowest BCUT2D eigenvalue weighted by Gasteiger charge is -2.00. The number of fused-ring (bicyclic) bond motifs is 1. The lowest BCUT2D eigenvalue weighted by Crippen LogP contribution is -2.11. The molecule has 2 aromatic heterocycles. The molecule has 0 aliphatic heterocycles. The van der Waals surface area contributed by atoms with Crippen molar-refractivity contribution in [3.63, 3.8) is 0 Å². The van der Waals surface area contributed by atoms with Gasteiger partial charge in [0.25, 0.3) is 0 Å². The van der Waals surface area contributed by atoms with Gasteiger partial charge < -0.3 is 15.1 Å². The summed E-state index contributed by atoms with van der Waals surface area (Å²) in [5.74, 6) is -0.00740. The zero-order valence-corrected chi connectivity index (χ0v) is 10.8. The molecule has 3 rings (SSSR count). The summed E-state index contributed by atoms with van der Waals surface area (Å²) in [7, 11) is 1.54. The average Bonchev–Trinajstić information content (AvgIpc) is 2.90. The van der Waals surface area contributed by atoms with Gasteiger partial charge in [0.2, 0.25) is 5.88 Å². The van der Waals surface area contributed by atoms with Crippen molar-refractivity contribution in [3.05, 3.63) is 51.7 Å². The summed E-state index contributed by atoms with van der Waals surface area (Å²) < 4.78 is 1.20. The number of hydrogen-bond acceptors (Lipinski definition) is 2. The van der Waals surface area contributed by atoms with E-state index < -0.39 is 0 Å². The number of nitrogens with one attached hydrogen (secondary N) is 2. The lowest BCUT2D eigenvalue weighted by atomic mass is 10.1. The Labute approximate surface area is 109 Å². The monoisotopic (exact) mass is 257 g/mol. The third-order valence-corrected chi connectivity index (χ3v) is 3.53. The summed E-state index contributed by atoms with van der Waals surface area (Å²) in [5, 5.41) is 11.0. The fourth-order valence-corrected chi connectivity index (χ4v) is 2.39. The fraction of sp³-hybridized carbons (Fsp3) is 0.214. The van der Waals surface area contributed by atoms with E-state index in [1.54, 1.807) is 0 Å². The van der Waals surface area contributed by atoms with Gasteiger partial charge in [-0.2, -0.15) is 0 Å². The van der Waals surface area contributed by atoms with Crippen molar-refractivity contribution in [1.82, 2.24) is 14.5 Å². The molecule has 5 nitrogen and oxygen atoms in total. The second kappa shape index (κ2) is 4.05. The van der Waals surface area contributed by atoms with Crippen molar-refractivity contribution >= 4 is 10.9 Å². The molecular formula is C14H15N3O2. The van der Waals surface area contributed by atoms with E-state index in [1.165, 1.54) is 17.2 Å². The van der Waals surface area contributed by atoms with E-state index in [4.69, 9.17) is 0 Å². The topological polar surface area (TPSA) is 73.8 Å². The molecule has 2 heterocycles. The Bertz CT molecular complexity index is 808. The second-order valence-corrected chi connectivity index (χ2v) is 4.78. The van der Waals surface area contributed by atoms with Crippen LogP contribution in [0.3, 0.4) is 0 Å². The number of aromatic amines is 2. The van der Waals surface area contributed by atoms with Crippen molar-refractivity contribution in [3.8, 4) is 5.88 Å². The maximum Gasteiger partial charge on any atom is 0.328 e. The number of aryl methyl sites for hydroxylation is 1. The molecule has 0 unspecified atom stereocenters. The molecule has 0 aliphatic rings. The molecule has 1 aromatic carbocycles. The molecule has 0 saturated heterocycles. The van der Waals surface area contributed by atoms with Gasteiger partial charge in [-0.15, -0.1) is 0 Å². The number of imidazole rings is 1. The Hall–Kier alpha value is -2.43. The Morgan fingerprint density at radius 3 is 2.84 bits per heavy atom. The minimum absolute atomic E-state index is 0.00740. The number of hydrogen-bond donors (Lipinski definition) is 3. The highest BCUT2D eigenvalue weighted by Gasteiger charge is 2.13. The van der Waals surface area contributed by atoms with Crippen molar-refractivity contribution in [1.29, 1.82) is 0 Å². The highest BCUT2D eigenvalue weighted by Crippen LogP contribution is 2.24. The first-order valence-corrected chi connectivity index (χ1v) is 6.10. The van der Waals surface area contributed by atoms with Crippen molar-refractivity contribution in [2.24, 2.45) is 7.05 Å². The van der Waals surface area contributed by atoms with Crippen LogP contribution in [0.5, 0.6) is 5.88 Å². The largest absolute Gasteiger partial charge is 0.493 e. The molecule has 0 amide bonds. The van der Waals surface area contributed by atoms with Gasteiger partial charge in [-0.05, 0) is 18.1 Å². The number of aromatic hydroxyl groups is 1. The maximum atomic E-state index is 11.4. The van der Waals surface area contributed by atoms with Crippen LogP contribution < -0.4 is 5.69 Å². The maximum absolute atomic E-state index is 11.4. The van der Waals surface area contributed by atoms with Gasteiger partial charge in [0, 0.05) is 30.6 Å². The van der Waals surface area contributed by atoms with Crippen LogP contribution in [-0.4, -0.2) is 19.6 Å². The number of benzene rings is 1. The SMILES string of the molecule is Cc1cccc2c(Cc3[nH]c(=O)n(C)c3O)c[nH]c12. The summed E-state index contributed by atoms with van der Waals surface area (Å²) in [6.45, 7) is 2.05. The van der Waals surface area contributed by atoms with Crippen LogP contribution in [0.1, 0.15) is 16.8 Å². The zero-order chi connectivity index (χ0) is 13.6. The summed E-state index contributed by atoms with van der Waals surface area (Å²) in [4.78, 5) is 17.4. The molecule has 3 aromatic rings. The molecule has 98 valence electrons. The van der Waals surface area contributed by atoms with E-state index in [0.717, 1.165) is 16.5 Å². The van der Waals surface area contributed by atoms with E-state index in [9.17, 15) is 9.90 Å². The minimum Gasteiger partial charge on any atom is -0.493 e. The van der Waals surface area contributed by atoms with Crippen LogP contribution in [-0.2, 0) is 13.5 Å². The van der Waals surface area contributed by atoms with Crippen molar-refractivity contribution in [2.45, 2.75) is 13.3 Å². The van der Waals surface area contributed by atoms with Crippen LogP contribution in [0.4, 0.5) is 0 Å². The molecular weight excluding hydrogens is 242 g/mol. The van der Waals surface area contributed by atoms with Crippen LogP contribution >= 0.6 is 0 Å². The van der Waals surface area contributed by atoms with Crippen LogP contribution in [0, 0.1) is 6.92 Å². The summed E-state index contributed by atoms with van der Waals surface area (Å²) >= 11 is 0. The number of aromatic nitrogens is 3. The molecule has 0 atom stereocenters. The van der Waals surface area contributed by atoms with Gasteiger partial charge in [0.05, 0.1) is 5.69 Å². The Morgan fingerprint density at radius 1 is 1.37 bits per heavy atom. The molecule has 0 spiro atoms. The number of rotatable bonds is 2. The minimum atomic E-state index is -0.302. The summed E-state index contributed by atoms with van der Waals surface area (Å²) in [6, 6.07) is 6.08. The Kier molecular flexibility index (Phi) is 2.48. The van der Waals surface area contributed by atoms with Crippen LogP contribution in [0.25, 0.3) is 10.9 Å². The summed E-state index contributed by atoms with van der Waals surface area (Å²) in [5.41, 5.74) is 3.55. The molecule has 0 aliphatic carbocycles. The predicted molar refractivity (Wildman–Crippen MR) is 73.5 cm³/mol. The lowest BCUT2D eigenvalue weighted by molar-refractivity contribution is 0.424. The molecule has 3 N–H and O–H groups in total. The third kappa shape index (κ3) is 1.74. The zero-order valence-electron chi connectivity index (χ0n) is 10.8. The first-order chi connectivity index (χ1) is 9.08. The van der Waals surface area contributed by atoms with E-state index in [1.807, 2.05) is 31.3 Å². The van der Waals surface area contributed by atoms with Crippen molar-refractivity contribution in [2.75, 3.05) is 0 Å². The smallest absolute Gasteiger partial charge is 0.328 e. The third-order valence-electron chi connectivity index (χ3n) is 3.53. The van der Waals surface area contributed by atoms with Crippen LogP contribution in [0.2, 0.25) is 0 Å². The Morgan fingerprint density at radius 2 is 2.16 bits per heavy atom. The van der Waals surface area contributed by atoms with E-state index in [-0.39, 0.29) is 11.6 Å². The molecule has 0 bridgehead atoms. The van der Waals surface area contributed by atoms with Gasteiger partial charge in [-0.1, -0.05) is 18.2 Å². The molecule has 19 heavy (non-hydrogen) atoms. The van der Waals surface area contributed by atoms with Gasteiger partial charge >= 0.3 is 5.69 Å². The van der Waals surface area contributed by atoms with Crippen LogP contribution in [0.15, 0.2) is 29.2 Å². The normalized spacial score (nSPS) is 11.3. The Balaban J connectivity index is 2.09. The number of H-pyrrole nitrogens is 2. The van der Waals surface area contributed by atoms with Crippen molar-refractivity contribution < 1.29 is 5.11 Å². The molecule has 5 heteroatoms. The van der Waals surface area contributed by atoms with E-state index >= 15 is 0 Å². The highest BCUT2D eigenvalue weighted by atomic mass is 16.3. The summed E-state index contributed by atoms with van der Waals surface area (Å²) in [6.07, 6.45) is 2.41. The highest BCUT2D eigenvalue weighted by molar-refractivity contribution is 5.86. The molecule has 0 fully saturated rings. The number of para-hydroxylation sites is 1. The predicted octanol–water partition coefficient (Wildman–Crippen LogP) is 1.80. The van der Waals surface area contributed by atoms with Gasteiger partial charge in [0.1, 0.15) is 0 Å². The second-order valence-electron chi connectivity index (χ2n) is 4.78. The first kappa shape index (κ1) is 11.6. The van der Waals surface area contributed by atoms with Gasteiger partial charge in [0.15, 0.2) is 0 Å². The van der Waals surface area contributed by atoms with Gasteiger partial charge in [-0.25, -0.2) is 4.79 Å². The fourth-order valence-electron chi connectivity index (χ4n) is 2.39. The quantitative estimate of drug-likeness (QED) is 0.655. The standard InChI is InChI=1S/C14H15N3O2/c1-8-4-3-5-10-9(7-15-12(8)10)6-11-13(18)17(2)14(19)16-11/h3-5,7,15,18H,6H2,1-2H3,(H,16,19).